The summed E-state index contributed by atoms with van der Waals surface area (Å²) in [5.74, 6) is -0.864. The summed E-state index contributed by atoms with van der Waals surface area (Å²) in [7, 11) is -2.30. The Balaban J connectivity index is 1.38. The number of fused-ring (bicyclic) bond motifs is 3. The van der Waals surface area contributed by atoms with Gasteiger partial charge in [-0.2, -0.15) is 4.31 Å². The van der Waals surface area contributed by atoms with Crippen molar-refractivity contribution in [1.29, 1.82) is 0 Å². The smallest absolute Gasteiger partial charge is 0.243 e. The van der Waals surface area contributed by atoms with Crippen molar-refractivity contribution < 1.29 is 26.8 Å². The van der Waals surface area contributed by atoms with E-state index in [2.05, 4.69) is 5.32 Å². The third-order valence-corrected chi connectivity index (χ3v) is 8.04. The van der Waals surface area contributed by atoms with Crippen molar-refractivity contribution in [2.24, 2.45) is 5.92 Å². The zero-order chi connectivity index (χ0) is 23.9. The minimum atomic E-state index is -3.83. The fourth-order valence-electron chi connectivity index (χ4n) is 4.38. The van der Waals surface area contributed by atoms with Gasteiger partial charge in [-0.1, -0.05) is 18.2 Å². The number of halogens is 1. The van der Waals surface area contributed by atoms with E-state index in [-0.39, 0.29) is 17.3 Å². The van der Waals surface area contributed by atoms with E-state index in [4.69, 9.17) is 9.15 Å². The predicted octanol–water partition coefficient (Wildman–Crippen LogP) is 4.77. The van der Waals surface area contributed by atoms with Crippen LogP contribution in [0.4, 0.5) is 10.1 Å². The Morgan fingerprint density at radius 1 is 1.09 bits per heavy atom. The van der Waals surface area contributed by atoms with Crippen molar-refractivity contribution in [2.45, 2.75) is 17.7 Å². The summed E-state index contributed by atoms with van der Waals surface area (Å²) in [6.07, 6.45) is 1.09. The number of para-hydroxylation sites is 1. The highest BCUT2D eigenvalue weighted by atomic mass is 32.2. The Hall–Kier alpha value is -3.43. The van der Waals surface area contributed by atoms with E-state index in [1.165, 1.54) is 23.5 Å². The van der Waals surface area contributed by atoms with Gasteiger partial charge in [-0.05, 0) is 49.2 Å². The second-order valence-electron chi connectivity index (χ2n) is 8.29. The minimum Gasteiger partial charge on any atom is -0.495 e. The molecule has 0 bridgehead atoms. The van der Waals surface area contributed by atoms with Gasteiger partial charge in [0.05, 0.1) is 23.6 Å². The summed E-state index contributed by atoms with van der Waals surface area (Å²) in [6.45, 7) is 0.346. The molecule has 1 fully saturated rings. The number of ether oxygens (including phenoxy) is 1. The number of nitrogens with one attached hydrogen (secondary N) is 1. The highest BCUT2D eigenvalue weighted by Crippen LogP contribution is 2.37. The van der Waals surface area contributed by atoms with Crippen molar-refractivity contribution in [2.75, 3.05) is 25.5 Å². The van der Waals surface area contributed by atoms with Crippen molar-refractivity contribution in [3.05, 3.63) is 66.5 Å². The first-order chi connectivity index (χ1) is 16.4. The number of carbonyl (C=O) groups excluding carboxylic acids is 1. The number of amides is 1. The van der Waals surface area contributed by atoms with Gasteiger partial charge in [0.2, 0.25) is 15.9 Å². The molecule has 1 atom stereocenters. The van der Waals surface area contributed by atoms with Gasteiger partial charge >= 0.3 is 0 Å². The predicted molar refractivity (Wildman–Crippen MR) is 127 cm³/mol. The summed E-state index contributed by atoms with van der Waals surface area (Å²) in [4.78, 5) is 13.1. The first kappa shape index (κ1) is 22.4. The first-order valence-corrected chi connectivity index (χ1v) is 12.4. The fourth-order valence-corrected chi connectivity index (χ4v) is 5.91. The maximum Gasteiger partial charge on any atom is 0.243 e. The SMILES string of the molecule is COc1cc2c(cc1NC(=O)[C@@H]1CCCN(S(=O)(=O)c3ccc(F)cc3)C1)oc1ccccc12. The van der Waals surface area contributed by atoms with Crippen LogP contribution in [0.2, 0.25) is 0 Å². The Bertz CT molecular complexity index is 1480. The van der Waals surface area contributed by atoms with Crippen LogP contribution in [0.1, 0.15) is 12.8 Å². The number of rotatable bonds is 5. The molecule has 176 valence electrons. The van der Waals surface area contributed by atoms with E-state index < -0.39 is 21.8 Å². The molecule has 0 radical (unpaired) electrons. The topological polar surface area (TPSA) is 88.9 Å². The van der Waals surface area contributed by atoms with Crippen molar-refractivity contribution in [3.63, 3.8) is 0 Å². The number of furan rings is 1. The maximum absolute atomic E-state index is 13.2. The number of sulfonamides is 1. The Morgan fingerprint density at radius 2 is 1.85 bits per heavy atom. The molecule has 4 aromatic rings. The highest BCUT2D eigenvalue weighted by Gasteiger charge is 2.33. The summed E-state index contributed by atoms with van der Waals surface area (Å²) >= 11 is 0. The molecule has 0 aliphatic carbocycles. The third kappa shape index (κ3) is 4.01. The Morgan fingerprint density at radius 3 is 2.62 bits per heavy atom. The Labute approximate surface area is 196 Å². The first-order valence-electron chi connectivity index (χ1n) is 10.9. The molecular weight excluding hydrogens is 459 g/mol. The molecule has 1 aromatic heterocycles. The zero-order valence-electron chi connectivity index (χ0n) is 18.5. The van der Waals surface area contributed by atoms with Crippen molar-refractivity contribution >= 4 is 43.6 Å². The number of hydrogen-bond acceptors (Lipinski definition) is 5. The van der Waals surface area contributed by atoms with Gasteiger partial charge in [0, 0.05) is 29.9 Å². The fraction of sp³-hybridized carbons (Fsp3) is 0.240. The molecule has 1 aliphatic heterocycles. The number of anilines is 1. The number of hydrogen-bond donors (Lipinski definition) is 1. The average molecular weight is 483 g/mol. The van der Waals surface area contributed by atoms with E-state index in [0.29, 0.717) is 36.4 Å². The summed E-state index contributed by atoms with van der Waals surface area (Å²) in [5, 5.41) is 4.71. The lowest BCUT2D eigenvalue weighted by Gasteiger charge is -2.31. The van der Waals surface area contributed by atoms with Crippen LogP contribution in [0.25, 0.3) is 21.9 Å². The normalized spacial score (nSPS) is 17.2. The van der Waals surface area contributed by atoms with Crippen LogP contribution >= 0.6 is 0 Å². The van der Waals surface area contributed by atoms with Crippen LogP contribution in [-0.4, -0.2) is 38.8 Å². The molecule has 1 saturated heterocycles. The molecule has 0 saturated carbocycles. The quantitative estimate of drug-likeness (QED) is 0.443. The third-order valence-electron chi connectivity index (χ3n) is 6.16. The molecule has 0 unspecified atom stereocenters. The second-order valence-corrected chi connectivity index (χ2v) is 10.2. The molecule has 3 aromatic carbocycles. The lowest BCUT2D eigenvalue weighted by Crippen LogP contribution is -2.43. The summed E-state index contributed by atoms with van der Waals surface area (Å²) in [5.41, 5.74) is 1.80. The van der Waals surface area contributed by atoms with Crippen LogP contribution in [-0.2, 0) is 14.8 Å². The number of methoxy groups -OCH3 is 1. The standard InChI is InChI=1S/C25H23FN2O5S/c1-32-24-13-20-19-6-2-3-7-22(19)33-23(20)14-21(24)27-25(29)16-5-4-12-28(15-16)34(30,31)18-10-8-17(26)9-11-18/h2-3,6-11,13-14,16H,4-5,12,15H2,1H3,(H,27,29)/t16-/m1/s1. The van der Waals surface area contributed by atoms with E-state index in [9.17, 15) is 17.6 Å². The summed E-state index contributed by atoms with van der Waals surface area (Å²) < 4.78 is 51.9. The lowest BCUT2D eigenvalue weighted by atomic mass is 9.98. The largest absolute Gasteiger partial charge is 0.495 e. The Kier molecular flexibility index (Phi) is 5.75. The van der Waals surface area contributed by atoms with Gasteiger partial charge in [0.15, 0.2) is 0 Å². The molecule has 1 N–H and O–H groups in total. The maximum atomic E-state index is 13.2. The van der Waals surface area contributed by atoms with Crippen LogP contribution < -0.4 is 10.1 Å². The molecule has 5 rings (SSSR count). The van der Waals surface area contributed by atoms with Gasteiger partial charge in [-0.25, -0.2) is 12.8 Å². The molecular formula is C25H23FN2O5S. The minimum absolute atomic E-state index is 0.00645. The van der Waals surface area contributed by atoms with Gasteiger partial charge < -0.3 is 14.5 Å². The van der Waals surface area contributed by atoms with Crippen LogP contribution in [0.15, 0.2) is 70.0 Å². The summed E-state index contributed by atoms with van der Waals surface area (Å²) in [6, 6.07) is 15.9. The second kappa shape index (κ2) is 8.73. The van der Waals surface area contributed by atoms with Gasteiger partial charge in [-0.3, -0.25) is 4.79 Å². The van der Waals surface area contributed by atoms with Crippen molar-refractivity contribution in [1.82, 2.24) is 4.31 Å². The molecule has 9 heteroatoms. The number of carbonyl (C=O) groups is 1. The van der Waals surface area contributed by atoms with Crippen LogP contribution in [0.5, 0.6) is 5.75 Å². The number of benzene rings is 3. The number of nitrogens with zero attached hydrogens (tertiary/aromatic N) is 1. The van der Waals surface area contributed by atoms with E-state index in [0.717, 1.165) is 28.5 Å². The number of piperidine rings is 1. The van der Waals surface area contributed by atoms with Gasteiger partial charge in [-0.15, -0.1) is 0 Å². The molecule has 1 aliphatic rings. The van der Waals surface area contributed by atoms with E-state index >= 15 is 0 Å². The molecule has 0 spiro atoms. The van der Waals surface area contributed by atoms with Gasteiger partial charge in [0.1, 0.15) is 22.7 Å². The highest BCUT2D eigenvalue weighted by molar-refractivity contribution is 7.89. The average Bonchev–Trinajstić information content (AvgIpc) is 3.21. The lowest BCUT2D eigenvalue weighted by molar-refractivity contribution is -0.120. The van der Waals surface area contributed by atoms with Crippen LogP contribution in [0, 0.1) is 11.7 Å². The van der Waals surface area contributed by atoms with Crippen molar-refractivity contribution in [3.8, 4) is 5.75 Å². The van der Waals surface area contributed by atoms with E-state index in [1.54, 1.807) is 6.07 Å². The van der Waals surface area contributed by atoms with Crippen LogP contribution in [0.3, 0.4) is 0 Å². The van der Waals surface area contributed by atoms with Gasteiger partial charge in [0.25, 0.3) is 0 Å². The zero-order valence-corrected chi connectivity index (χ0v) is 19.3. The monoisotopic (exact) mass is 482 g/mol. The molecule has 7 nitrogen and oxygen atoms in total. The molecule has 34 heavy (non-hydrogen) atoms. The molecule has 2 heterocycles. The molecule has 1 amide bonds. The van der Waals surface area contributed by atoms with E-state index in [1.807, 2.05) is 30.3 Å².